The second-order valence-corrected chi connectivity index (χ2v) is 9.67. The molecule has 0 aliphatic carbocycles. The number of hydrogen-bond acceptors (Lipinski definition) is 10. The summed E-state index contributed by atoms with van der Waals surface area (Å²) >= 11 is 2.60. The van der Waals surface area contributed by atoms with Crippen LogP contribution in [0.15, 0.2) is 46.3 Å². The number of anilines is 1. The van der Waals surface area contributed by atoms with Crippen LogP contribution in [0.3, 0.4) is 0 Å². The number of nitrogens with zero attached hydrogens (tertiary/aromatic N) is 4. The van der Waals surface area contributed by atoms with Gasteiger partial charge in [0.2, 0.25) is 5.91 Å². The lowest BCUT2D eigenvalue weighted by Gasteiger charge is -2.49. The van der Waals surface area contributed by atoms with Crippen LogP contribution in [0.2, 0.25) is 0 Å². The average Bonchev–Trinajstić information content (AvgIpc) is 3.26. The van der Waals surface area contributed by atoms with E-state index in [1.807, 2.05) is 29.1 Å². The summed E-state index contributed by atoms with van der Waals surface area (Å²) < 4.78 is 1.84. The van der Waals surface area contributed by atoms with Crippen molar-refractivity contribution in [3.8, 4) is 0 Å². The summed E-state index contributed by atoms with van der Waals surface area (Å²) in [5.41, 5.74) is 13.1. The molecule has 1 saturated heterocycles. The largest absolute Gasteiger partial charge is 0.477 e. The Morgan fingerprint density at radius 2 is 2.12 bits per heavy atom. The molecule has 34 heavy (non-hydrogen) atoms. The van der Waals surface area contributed by atoms with Gasteiger partial charge >= 0.3 is 5.97 Å². The Morgan fingerprint density at radius 1 is 1.38 bits per heavy atom. The monoisotopic (exact) mass is 503 g/mol. The van der Waals surface area contributed by atoms with Crippen LogP contribution in [0, 0.1) is 5.92 Å². The fourth-order valence-corrected chi connectivity index (χ4v) is 5.87. The molecule has 0 bridgehead atoms. The summed E-state index contributed by atoms with van der Waals surface area (Å²) in [5.74, 6) is -2.24. The highest BCUT2D eigenvalue weighted by molar-refractivity contribution is 8.00. The zero-order chi connectivity index (χ0) is 24.4. The number of carboxylic acids is 1. The van der Waals surface area contributed by atoms with Crippen molar-refractivity contribution in [1.82, 2.24) is 9.88 Å². The second kappa shape index (κ2) is 9.91. The van der Waals surface area contributed by atoms with Gasteiger partial charge in [-0.3, -0.25) is 14.5 Å². The van der Waals surface area contributed by atoms with Gasteiger partial charge in [-0.15, -0.1) is 23.1 Å². The van der Waals surface area contributed by atoms with Gasteiger partial charge in [0, 0.05) is 41.8 Å². The van der Waals surface area contributed by atoms with Gasteiger partial charge in [0.05, 0.1) is 11.3 Å². The molecular formula is C21H23N6O5S2+. The van der Waals surface area contributed by atoms with Crippen molar-refractivity contribution < 1.29 is 28.9 Å². The quantitative estimate of drug-likeness (QED) is 0.189. The highest BCUT2D eigenvalue weighted by Crippen LogP contribution is 2.45. The molecule has 4 rings (SSSR count). The number of oxime groups is 1. The third-order valence-corrected chi connectivity index (χ3v) is 7.62. The topological polar surface area (TPSA) is 165 Å². The number of thioether (sulfide) groups is 1. The number of nitrogens with two attached hydrogens (primary N) is 2. The van der Waals surface area contributed by atoms with Crippen molar-refractivity contribution in [2.75, 3.05) is 18.6 Å². The van der Waals surface area contributed by atoms with Gasteiger partial charge in [0.15, 0.2) is 35.6 Å². The van der Waals surface area contributed by atoms with Crippen molar-refractivity contribution in [2.45, 2.75) is 24.9 Å². The maximum atomic E-state index is 13.0. The number of carbonyl (C=O) groups is 3. The van der Waals surface area contributed by atoms with Crippen LogP contribution >= 0.6 is 23.1 Å². The molecule has 5 N–H and O–H groups in total. The van der Waals surface area contributed by atoms with E-state index in [1.54, 1.807) is 5.38 Å². The van der Waals surface area contributed by atoms with Gasteiger partial charge in [-0.25, -0.2) is 14.3 Å². The molecule has 2 aliphatic rings. The molecular weight excluding hydrogens is 480 g/mol. The first kappa shape index (κ1) is 23.9. The van der Waals surface area contributed by atoms with E-state index in [9.17, 15) is 19.5 Å². The van der Waals surface area contributed by atoms with Crippen LogP contribution in [0.1, 0.15) is 17.7 Å². The Morgan fingerprint density at radius 3 is 2.71 bits per heavy atom. The number of rotatable bonds is 9. The summed E-state index contributed by atoms with van der Waals surface area (Å²) in [6.45, 7) is 0.742. The second-order valence-electron chi connectivity index (χ2n) is 7.68. The molecule has 2 aromatic rings. The smallest absolute Gasteiger partial charge is 0.352 e. The number of aliphatic carboxylic acids is 1. The minimum Gasteiger partial charge on any atom is -0.477 e. The van der Waals surface area contributed by atoms with Crippen molar-refractivity contribution in [2.24, 2.45) is 16.8 Å². The Balaban J connectivity index is 1.52. The number of ketones is 1. The number of nitrogen functional groups attached to an aromatic ring is 1. The fourth-order valence-electron chi connectivity index (χ4n) is 3.91. The number of carbonyl (C=O) groups excluding carboxylic acids is 2. The lowest BCUT2D eigenvalue weighted by Crippen LogP contribution is -2.62. The average molecular weight is 504 g/mol. The highest BCUT2D eigenvalue weighted by Gasteiger charge is 2.54. The number of fused-ring (bicyclic) bond motifs is 1. The molecule has 2 aromatic heterocycles. The van der Waals surface area contributed by atoms with E-state index in [0.717, 1.165) is 16.9 Å². The number of pyridine rings is 1. The van der Waals surface area contributed by atoms with Crippen molar-refractivity contribution in [3.05, 3.63) is 52.4 Å². The van der Waals surface area contributed by atoms with E-state index in [2.05, 4.69) is 10.1 Å². The Kier molecular flexibility index (Phi) is 6.95. The molecule has 0 saturated carbocycles. The van der Waals surface area contributed by atoms with E-state index < -0.39 is 29.0 Å². The van der Waals surface area contributed by atoms with Crippen molar-refractivity contribution >= 4 is 51.6 Å². The third-order valence-electron chi connectivity index (χ3n) is 5.55. The molecule has 1 amide bonds. The maximum Gasteiger partial charge on any atom is 0.352 e. The molecule has 2 atom stereocenters. The SMILES string of the molecule is CO/N=C(\C(=O)C[C@@H]1C(=O)N2C(C(=O)O)=C(C[n+]3ccc(CN)cc3)CS[C@H]12)c1csc(N)n1. The third kappa shape index (κ3) is 4.54. The lowest BCUT2D eigenvalue weighted by atomic mass is 9.89. The zero-order valence-electron chi connectivity index (χ0n) is 18.2. The van der Waals surface area contributed by atoms with Crippen LogP contribution in [-0.2, 0) is 32.3 Å². The Bertz CT molecular complexity index is 1190. The summed E-state index contributed by atoms with van der Waals surface area (Å²) in [6.07, 6.45) is 3.52. The van der Waals surface area contributed by atoms with Crippen LogP contribution in [0.25, 0.3) is 0 Å². The molecule has 4 heterocycles. The van der Waals surface area contributed by atoms with E-state index in [4.69, 9.17) is 16.3 Å². The molecule has 0 aromatic carbocycles. The van der Waals surface area contributed by atoms with E-state index >= 15 is 0 Å². The summed E-state index contributed by atoms with van der Waals surface area (Å²) in [5, 5.41) is 15.1. The van der Waals surface area contributed by atoms with Gasteiger partial charge in [-0.1, -0.05) is 5.16 Å². The minimum atomic E-state index is -1.17. The number of β-lactam (4-membered cyclic amide) rings is 1. The van der Waals surface area contributed by atoms with Crippen LogP contribution < -0.4 is 16.0 Å². The first-order valence-electron chi connectivity index (χ1n) is 10.3. The number of amides is 1. The summed E-state index contributed by atoms with van der Waals surface area (Å²) in [4.78, 5) is 48.1. The molecule has 1 fully saturated rings. The molecule has 13 heteroatoms. The van der Waals surface area contributed by atoms with Gasteiger partial charge in [-0.05, 0) is 5.56 Å². The molecule has 0 radical (unpaired) electrons. The Hall–Kier alpha value is -3.29. The number of thiazole rings is 1. The molecule has 2 aliphatic heterocycles. The maximum absolute atomic E-state index is 13.0. The number of Topliss-reactive ketones (excluding diaryl/α,β-unsaturated/α-hetero) is 1. The zero-order valence-corrected chi connectivity index (χ0v) is 19.8. The van der Waals surface area contributed by atoms with Gasteiger partial charge in [0.1, 0.15) is 18.5 Å². The number of aromatic nitrogens is 2. The predicted molar refractivity (Wildman–Crippen MR) is 125 cm³/mol. The van der Waals surface area contributed by atoms with Gasteiger partial charge in [0.25, 0.3) is 0 Å². The van der Waals surface area contributed by atoms with Crippen LogP contribution in [-0.4, -0.2) is 56.6 Å². The van der Waals surface area contributed by atoms with Crippen molar-refractivity contribution in [3.63, 3.8) is 0 Å². The minimum absolute atomic E-state index is 0.0190. The standard InChI is InChI=1S/C21H22N6O5S2/c1-32-25-16(14-10-34-21(23)24-14)15(28)6-13-18(29)27-17(20(30)31)12(9-33-19(13)27)8-26-4-2-11(7-22)3-5-26/h2-5,10,13,19H,6-9,22H2,1H3,(H2-,23,24,30,31)/p+1/b25-16-/t13-,19-/m1/s1. The molecule has 178 valence electrons. The highest BCUT2D eigenvalue weighted by atomic mass is 32.2. The number of hydrogen-bond donors (Lipinski definition) is 3. The normalized spacial score (nSPS) is 20.1. The van der Waals surface area contributed by atoms with E-state index in [-0.39, 0.29) is 28.7 Å². The van der Waals surface area contributed by atoms with Gasteiger partial charge < -0.3 is 21.4 Å². The summed E-state index contributed by atoms with van der Waals surface area (Å²) in [7, 11) is 1.31. The van der Waals surface area contributed by atoms with E-state index in [0.29, 0.717) is 24.4 Å². The molecule has 0 unspecified atom stereocenters. The van der Waals surface area contributed by atoms with Crippen LogP contribution in [0.4, 0.5) is 5.13 Å². The summed E-state index contributed by atoms with van der Waals surface area (Å²) in [6, 6.07) is 3.73. The molecule has 11 nitrogen and oxygen atoms in total. The first-order chi connectivity index (χ1) is 16.3. The van der Waals surface area contributed by atoms with Gasteiger partial charge in [-0.2, -0.15) is 0 Å². The van der Waals surface area contributed by atoms with E-state index in [1.165, 1.54) is 23.8 Å². The number of carboxylic acid groups (broad SMARTS) is 1. The lowest BCUT2D eigenvalue weighted by molar-refractivity contribution is -0.689. The molecule has 0 spiro atoms. The fraction of sp³-hybridized carbons (Fsp3) is 0.333. The Labute approximate surface area is 203 Å². The van der Waals surface area contributed by atoms with Crippen LogP contribution in [0.5, 0.6) is 0 Å². The first-order valence-corrected chi connectivity index (χ1v) is 12.2. The van der Waals surface area contributed by atoms with Crippen molar-refractivity contribution in [1.29, 1.82) is 0 Å². The predicted octanol–water partition coefficient (Wildman–Crippen LogP) is 0.351.